The maximum atomic E-state index is 12.1. The Balaban J connectivity index is 2.15. The summed E-state index contributed by atoms with van der Waals surface area (Å²) in [5.41, 5.74) is 2.36. The van der Waals surface area contributed by atoms with E-state index in [9.17, 15) is 4.79 Å². The van der Waals surface area contributed by atoms with Crippen LogP contribution >= 0.6 is 0 Å². The van der Waals surface area contributed by atoms with E-state index < -0.39 is 0 Å². The highest BCUT2D eigenvalue weighted by atomic mass is 16.5. The summed E-state index contributed by atoms with van der Waals surface area (Å²) >= 11 is 0. The van der Waals surface area contributed by atoms with Crippen LogP contribution in [0.1, 0.15) is 22.8 Å². The molecule has 1 aromatic heterocycles. The van der Waals surface area contributed by atoms with Gasteiger partial charge in [0.25, 0.3) is 5.91 Å². The molecule has 0 aliphatic rings. The van der Waals surface area contributed by atoms with Crippen LogP contribution in [-0.2, 0) is 4.74 Å². The molecule has 2 aromatic rings. The molecular weight excluding hydrogens is 258 g/mol. The second kappa shape index (κ2) is 6.25. The van der Waals surface area contributed by atoms with Crippen molar-refractivity contribution in [1.29, 1.82) is 0 Å². The van der Waals surface area contributed by atoms with E-state index in [0.29, 0.717) is 12.2 Å². The molecule has 1 N–H and O–H groups in total. The zero-order valence-corrected chi connectivity index (χ0v) is 11.7. The zero-order chi connectivity index (χ0) is 14.5. The summed E-state index contributed by atoms with van der Waals surface area (Å²) in [6.07, 6.45) is 1.52. The van der Waals surface area contributed by atoms with Gasteiger partial charge in [-0.1, -0.05) is 0 Å². The molecule has 0 spiro atoms. The van der Waals surface area contributed by atoms with Crippen molar-refractivity contribution in [2.75, 3.05) is 13.7 Å². The summed E-state index contributed by atoms with van der Waals surface area (Å²) in [5.74, 6) is -0.124. The van der Waals surface area contributed by atoms with Gasteiger partial charge in [0.1, 0.15) is 6.33 Å². The molecular formula is C13H17N5O2. The van der Waals surface area contributed by atoms with E-state index in [1.807, 2.05) is 26.0 Å². The van der Waals surface area contributed by atoms with Gasteiger partial charge in [0, 0.05) is 18.7 Å². The molecule has 1 amide bonds. The van der Waals surface area contributed by atoms with Crippen molar-refractivity contribution in [1.82, 2.24) is 25.5 Å². The third-order valence-corrected chi connectivity index (χ3v) is 2.85. The van der Waals surface area contributed by atoms with Gasteiger partial charge in [-0.2, -0.15) is 0 Å². The number of carbonyl (C=O) groups excluding carboxylic acids is 1. The molecule has 7 heteroatoms. The van der Waals surface area contributed by atoms with Crippen molar-refractivity contribution < 1.29 is 9.53 Å². The van der Waals surface area contributed by atoms with Gasteiger partial charge in [0.05, 0.1) is 12.3 Å². The van der Waals surface area contributed by atoms with Gasteiger partial charge in [-0.15, -0.1) is 5.10 Å². The highest BCUT2D eigenvalue weighted by Crippen LogP contribution is 2.14. The Morgan fingerprint density at radius 1 is 1.50 bits per heavy atom. The molecule has 1 aromatic carbocycles. The van der Waals surface area contributed by atoms with Gasteiger partial charge in [-0.3, -0.25) is 4.79 Å². The molecule has 20 heavy (non-hydrogen) atoms. The minimum absolute atomic E-state index is 0.0352. The van der Waals surface area contributed by atoms with E-state index in [-0.39, 0.29) is 11.9 Å². The van der Waals surface area contributed by atoms with Gasteiger partial charge < -0.3 is 10.1 Å². The second-order valence-corrected chi connectivity index (χ2v) is 4.59. The first-order chi connectivity index (χ1) is 9.61. The number of carbonyl (C=O) groups is 1. The number of nitrogens with zero attached hydrogens (tertiary/aromatic N) is 4. The summed E-state index contributed by atoms with van der Waals surface area (Å²) in [5, 5.41) is 13.9. The number of hydrogen-bond acceptors (Lipinski definition) is 5. The van der Waals surface area contributed by atoms with Crippen LogP contribution in [0.4, 0.5) is 0 Å². The topological polar surface area (TPSA) is 81.9 Å². The molecule has 106 valence electrons. The lowest BCUT2D eigenvalue weighted by Gasteiger charge is -2.13. The van der Waals surface area contributed by atoms with E-state index in [0.717, 1.165) is 11.3 Å². The summed E-state index contributed by atoms with van der Waals surface area (Å²) < 4.78 is 6.55. The molecule has 2 rings (SSSR count). The van der Waals surface area contributed by atoms with Crippen LogP contribution in [0.15, 0.2) is 24.5 Å². The molecule has 0 saturated carbocycles. The molecule has 0 aliphatic heterocycles. The standard InChI is InChI=1S/C13H17N5O2/c1-9-6-11(13(19)15-10(2)7-20-3)4-5-12(9)18-8-14-16-17-18/h4-6,8,10H,7H2,1-3H3,(H,15,19). The van der Waals surface area contributed by atoms with Crippen LogP contribution in [0.2, 0.25) is 0 Å². The Morgan fingerprint density at radius 2 is 2.30 bits per heavy atom. The number of methoxy groups -OCH3 is 1. The Labute approximate surface area is 116 Å². The number of benzene rings is 1. The highest BCUT2D eigenvalue weighted by molar-refractivity contribution is 5.94. The first-order valence-electron chi connectivity index (χ1n) is 6.25. The summed E-state index contributed by atoms with van der Waals surface area (Å²) in [7, 11) is 1.60. The predicted molar refractivity (Wildman–Crippen MR) is 72.7 cm³/mol. The lowest BCUT2D eigenvalue weighted by Crippen LogP contribution is -2.35. The average molecular weight is 275 g/mol. The summed E-state index contributed by atoms with van der Waals surface area (Å²) in [4.78, 5) is 12.1. The van der Waals surface area contributed by atoms with Crippen LogP contribution in [0.3, 0.4) is 0 Å². The highest BCUT2D eigenvalue weighted by Gasteiger charge is 2.11. The monoisotopic (exact) mass is 275 g/mol. The van der Waals surface area contributed by atoms with Crippen molar-refractivity contribution in [3.63, 3.8) is 0 Å². The normalized spacial score (nSPS) is 12.2. The molecule has 1 unspecified atom stereocenters. The Kier molecular flexibility index (Phi) is 4.41. The minimum Gasteiger partial charge on any atom is -0.383 e. The molecule has 7 nitrogen and oxygen atoms in total. The largest absolute Gasteiger partial charge is 0.383 e. The first kappa shape index (κ1) is 14.1. The van der Waals surface area contributed by atoms with Crippen LogP contribution in [0.5, 0.6) is 0 Å². The second-order valence-electron chi connectivity index (χ2n) is 4.59. The van der Waals surface area contributed by atoms with Gasteiger partial charge in [-0.05, 0) is 48.0 Å². The Hall–Kier alpha value is -2.28. The molecule has 0 bridgehead atoms. The van der Waals surface area contributed by atoms with E-state index in [4.69, 9.17) is 4.74 Å². The molecule has 0 aliphatic carbocycles. The number of nitrogens with one attached hydrogen (secondary N) is 1. The quantitative estimate of drug-likeness (QED) is 0.870. The number of aryl methyl sites for hydroxylation is 1. The Bertz CT molecular complexity index is 582. The number of rotatable bonds is 5. The van der Waals surface area contributed by atoms with Crippen LogP contribution in [0, 0.1) is 6.92 Å². The van der Waals surface area contributed by atoms with Crippen molar-refractivity contribution in [2.24, 2.45) is 0 Å². The van der Waals surface area contributed by atoms with Crippen molar-refractivity contribution in [2.45, 2.75) is 19.9 Å². The van der Waals surface area contributed by atoms with Crippen LogP contribution < -0.4 is 5.32 Å². The minimum atomic E-state index is -0.124. The van der Waals surface area contributed by atoms with Gasteiger partial charge in [0.15, 0.2) is 0 Å². The number of hydrogen-bond donors (Lipinski definition) is 1. The molecule has 0 radical (unpaired) electrons. The summed E-state index contributed by atoms with van der Waals surface area (Å²) in [6, 6.07) is 5.35. The summed E-state index contributed by atoms with van der Waals surface area (Å²) in [6.45, 7) is 4.28. The van der Waals surface area contributed by atoms with Gasteiger partial charge in [0.2, 0.25) is 0 Å². The van der Waals surface area contributed by atoms with Crippen molar-refractivity contribution >= 4 is 5.91 Å². The smallest absolute Gasteiger partial charge is 0.251 e. The lowest BCUT2D eigenvalue weighted by atomic mass is 10.1. The fraction of sp³-hybridized carbons (Fsp3) is 0.385. The SMILES string of the molecule is COCC(C)NC(=O)c1ccc(-n2cnnn2)c(C)c1. The van der Waals surface area contributed by atoms with E-state index in [1.54, 1.807) is 17.9 Å². The fourth-order valence-corrected chi connectivity index (χ4v) is 1.92. The van der Waals surface area contributed by atoms with E-state index >= 15 is 0 Å². The number of aromatic nitrogens is 4. The maximum Gasteiger partial charge on any atom is 0.251 e. The van der Waals surface area contributed by atoms with E-state index in [1.165, 1.54) is 6.33 Å². The van der Waals surface area contributed by atoms with Gasteiger partial charge >= 0.3 is 0 Å². The van der Waals surface area contributed by atoms with Crippen molar-refractivity contribution in [3.05, 3.63) is 35.7 Å². The van der Waals surface area contributed by atoms with E-state index in [2.05, 4.69) is 20.8 Å². The third kappa shape index (κ3) is 3.18. The average Bonchev–Trinajstić information content (AvgIpc) is 2.92. The Morgan fingerprint density at radius 3 is 2.90 bits per heavy atom. The zero-order valence-electron chi connectivity index (χ0n) is 11.7. The lowest BCUT2D eigenvalue weighted by molar-refractivity contribution is 0.0905. The van der Waals surface area contributed by atoms with Gasteiger partial charge in [-0.25, -0.2) is 4.68 Å². The van der Waals surface area contributed by atoms with Crippen LogP contribution in [-0.4, -0.2) is 45.9 Å². The number of ether oxygens (including phenoxy) is 1. The predicted octanol–water partition coefficient (Wildman–Crippen LogP) is 0.735. The maximum absolute atomic E-state index is 12.1. The number of tetrazole rings is 1. The van der Waals surface area contributed by atoms with Crippen molar-refractivity contribution in [3.8, 4) is 5.69 Å². The first-order valence-corrected chi connectivity index (χ1v) is 6.25. The molecule has 1 atom stereocenters. The molecule has 0 saturated heterocycles. The fourth-order valence-electron chi connectivity index (χ4n) is 1.92. The molecule has 0 fully saturated rings. The molecule has 1 heterocycles. The van der Waals surface area contributed by atoms with Crippen LogP contribution in [0.25, 0.3) is 5.69 Å². The number of amides is 1. The third-order valence-electron chi connectivity index (χ3n) is 2.85.